The van der Waals surface area contributed by atoms with Crippen LogP contribution in [0.1, 0.15) is 56.9 Å². The maximum absolute atomic E-state index is 4.83. The third-order valence-corrected chi connectivity index (χ3v) is 5.67. The van der Waals surface area contributed by atoms with Gasteiger partial charge in [-0.15, -0.1) is 10.2 Å². The Hall–Kier alpha value is -1.01. The number of nitrogens with one attached hydrogen (secondary N) is 1. The van der Waals surface area contributed by atoms with E-state index >= 15 is 0 Å². The van der Waals surface area contributed by atoms with E-state index < -0.39 is 0 Å². The van der Waals surface area contributed by atoms with Gasteiger partial charge in [0.2, 0.25) is 4.96 Å². The van der Waals surface area contributed by atoms with Gasteiger partial charge in [-0.05, 0) is 31.2 Å². The van der Waals surface area contributed by atoms with Crippen molar-refractivity contribution in [3.05, 3.63) is 10.8 Å². The average Bonchev–Trinajstić information content (AvgIpc) is 3.05. The molecule has 4 rings (SSSR count). The van der Waals surface area contributed by atoms with E-state index in [1.165, 1.54) is 24.3 Å². The minimum absolute atomic E-state index is 0.0240. The second kappa shape index (κ2) is 4.24. The van der Waals surface area contributed by atoms with Gasteiger partial charge >= 0.3 is 0 Å². The summed E-state index contributed by atoms with van der Waals surface area (Å²) in [7, 11) is 0. The molecule has 0 spiro atoms. The third-order valence-electron chi connectivity index (χ3n) is 4.69. The van der Waals surface area contributed by atoms with Crippen LogP contribution in [-0.4, -0.2) is 26.4 Å². The fourth-order valence-electron chi connectivity index (χ4n) is 3.68. The molecule has 0 amide bonds. The van der Waals surface area contributed by atoms with Crippen LogP contribution in [0.2, 0.25) is 0 Å². The van der Waals surface area contributed by atoms with Crippen LogP contribution in [0.5, 0.6) is 0 Å². The summed E-state index contributed by atoms with van der Waals surface area (Å²) in [6.07, 6.45) is 4.10. The average molecular weight is 291 g/mol. The summed E-state index contributed by atoms with van der Waals surface area (Å²) in [6, 6.07) is 0.432. The zero-order valence-electron chi connectivity index (χ0n) is 12.3. The van der Waals surface area contributed by atoms with E-state index in [2.05, 4.69) is 36.3 Å². The third kappa shape index (κ3) is 1.81. The summed E-state index contributed by atoms with van der Waals surface area (Å²) in [4.78, 5) is 0.924. The van der Waals surface area contributed by atoms with Crippen LogP contribution in [0.15, 0.2) is 0 Å². The molecule has 3 unspecified atom stereocenters. The Bertz CT molecular complexity index is 638. The van der Waals surface area contributed by atoms with Crippen molar-refractivity contribution in [3.63, 3.8) is 0 Å². The maximum atomic E-state index is 4.83. The summed E-state index contributed by atoms with van der Waals surface area (Å²) >= 11 is 1.70. The second-order valence-electron chi connectivity index (χ2n) is 7.15. The predicted octanol–water partition coefficient (Wildman–Crippen LogP) is 2.54. The van der Waals surface area contributed by atoms with Gasteiger partial charge in [-0.25, -0.2) is 0 Å². The summed E-state index contributed by atoms with van der Waals surface area (Å²) < 4.78 is 1.95. The Kier molecular flexibility index (Phi) is 2.70. The summed E-state index contributed by atoms with van der Waals surface area (Å²) in [5.41, 5.74) is -0.0240. The molecule has 20 heavy (non-hydrogen) atoms. The highest BCUT2D eigenvalue weighted by molar-refractivity contribution is 7.16. The highest BCUT2D eigenvalue weighted by Crippen LogP contribution is 2.45. The molecule has 0 bridgehead atoms. The SMILES string of the molecule is CC(C)(C)c1nnc2sc(C3NCC4CCCC43)nn12. The van der Waals surface area contributed by atoms with Crippen molar-refractivity contribution < 1.29 is 0 Å². The van der Waals surface area contributed by atoms with Gasteiger partial charge in [0.15, 0.2) is 5.82 Å². The van der Waals surface area contributed by atoms with Gasteiger partial charge in [-0.3, -0.25) is 0 Å². The topological polar surface area (TPSA) is 55.1 Å². The van der Waals surface area contributed by atoms with E-state index in [-0.39, 0.29) is 5.41 Å². The zero-order chi connectivity index (χ0) is 13.9. The normalized spacial score (nSPS) is 30.2. The summed E-state index contributed by atoms with van der Waals surface area (Å²) in [5, 5.41) is 18.3. The van der Waals surface area contributed by atoms with E-state index in [0.717, 1.165) is 29.2 Å². The maximum Gasteiger partial charge on any atom is 0.234 e. The van der Waals surface area contributed by atoms with Crippen molar-refractivity contribution in [1.82, 2.24) is 25.1 Å². The van der Waals surface area contributed by atoms with Crippen molar-refractivity contribution in [2.75, 3.05) is 6.54 Å². The Morgan fingerprint density at radius 1 is 1.25 bits per heavy atom. The molecule has 1 aliphatic heterocycles. The highest BCUT2D eigenvalue weighted by atomic mass is 32.1. The van der Waals surface area contributed by atoms with Gasteiger partial charge in [0.1, 0.15) is 5.01 Å². The van der Waals surface area contributed by atoms with Gasteiger partial charge in [0, 0.05) is 5.41 Å². The van der Waals surface area contributed by atoms with E-state index in [9.17, 15) is 0 Å². The number of aromatic nitrogens is 4. The first-order valence-corrected chi connectivity index (χ1v) is 8.32. The first-order valence-electron chi connectivity index (χ1n) is 7.50. The fraction of sp³-hybridized carbons (Fsp3) is 0.786. The second-order valence-corrected chi connectivity index (χ2v) is 8.14. The van der Waals surface area contributed by atoms with Crippen molar-refractivity contribution in [3.8, 4) is 0 Å². The van der Waals surface area contributed by atoms with Crippen molar-refractivity contribution in [2.45, 2.75) is 51.5 Å². The lowest BCUT2D eigenvalue weighted by molar-refractivity contribution is 0.416. The van der Waals surface area contributed by atoms with Crippen LogP contribution >= 0.6 is 11.3 Å². The Morgan fingerprint density at radius 3 is 2.90 bits per heavy atom. The molecule has 2 fully saturated rings. The van der Waals surface area contributed by atoms with Crippen molar-refractivity contribution in [2.24, 2.45) is 11.8 Å². The number of hydrogen-bond donors (Lipinski definition) is 1. The lowest BCUT2D eigenvalue weighted by atomic mass is 9.94. The van der Waals surface area contributed by atoms with Gasteiger partial charge < -0.3 is 5.32 Å². The first-order chi connectivity index (χ1) is 9.54. The lowest BCUT2D eigenvalue weighted by Crippen LogP contribution is -2.19. The van der Waals surface area contributed by atoms with Crippen LogP contribution in [0.3, 0.4) is 0 Å². The molecule has 1 saturated heterocycles. The van der Waals surface area contributed by atoms with E-state index in [4.69, 9.17) is 5.10 Å². The fourth-order valence-corrected chi connectivity index (χ4v) is 4.67. The molecule has 2 aliphatic rings. The molecule has 108 valence electrons. The molecule has 3 heterocycles. The van der Waals surface area contributed by atoms with Crippen LogP contribution in [0.25, 0.3) is 4.96 Å². The first kappa shape index (κ1) is 12.7. The number of rotatable bonds is 1. The predicted molar refractivity (Wildman–Crippen MR) is 78.9 cm³/mol. The van der Waals surface area contributed by atoms with Gasteiger partial charge in [-0.2, -0.15) is 9.61 Å². The van der Waals surface area contributed by atoms with Crippen LogP contribution in [-0.2, 0) is 5.41 Å². The molecule has 0 aromatic carbocycles. The molecular weight excluding hydrogens is 270 g/mol. The van der Waals surface area contributed by atoms with Crippen LogP contribution < -0.4 is 5.32 Å². The molecular formula is C14H21N5S. The molecule has 1 N–H and O–H groups in total. The smallest absolute Gasteiger partial charge is 0.234 e. The Balaban J connectivity index is 1.73. The Labute approximate surface area is 122 Å². The van der Waals surface area contributed by atoms with Gasteiger partial charge in [-0.1, -0.05) is 38.5 Å². The molecule has 6 heteroatoms. The largest absolute Gasteiger partial charge is 0.307 e. The highest BCUT2D eigenvalue weighted by Gasteiger charge is 2.41. The molecule has 2 aromatic rings. The quantitative estimate of drug-likeness (QED) is 0.877. The van der Waals surface area contributed by atoms with Crippen LogP contribution in [0.4, 0.5) is 0 Å². The van der Waals surface area contributed by atoms with Gasteiger partial charge in [0.05, 0.1) is 6.04 Å². The van der Waals surface area contributed by atoms with Crippen LogP contribution in [0, 0.1) is 11.8 Å². The van der Waals surface area contributed by atoms with Crippen molar-refractivity contribution in [1.29, 1.82) is 0 Å². The minimum atomic E-state index is -0.0240. The summed E-state index contributed by atoms with van der Waals surface area (Å²) in [5.74, 6) is 2.59. The number of nitrogens with zero attached hydrogens (tertiary/aromatic N) is 4. The number of hydrogen-bond acceptors (Lipinski definition) is 5. The molecule has 5 nitrogen and oxygen atoms in total. The van der Waals surface area contributed by atoms with Crippen molar-refractivity contribution >= 4 is 16.3 Å². The standard InChI is InChI=1S/C14H21N5S/c1-14(2,3)12-16-17-13-19(12)18-11(20-13)10-9-6-4-5-8(9)7-15-10/h8-10,15H,4-7H2,1-3H3. The van der Waals surface area contributed by atoms with E-state index in [0.29, 0.717) is 6.04 Å². The minimum Gasteiger partial charge on any atom is -0.307 e. The molecule has 3 atom stereocenters. The monoisotopic (exact) mass is 291 g/mol. The lowest BCUT2D eigenvalue weighted by Gasteiger charge is -2.15. The molecule has 0 radical (unpaired) electrons. The molecule has 2 aromatic heterocycles. The molecule has 1 saturated carbocycles. The summed E-state index contributed by atoms with van der Waals surface area (Å²) in [6.45, 7) is 7.62. The van der Waals surface area contributed by atoms with E-state index in [1.807, 2.05) is 4.52 Å². The zero-order valence-corrected chi connectivity index (χ0v) is 13.1. The van der Waals surface area contributed by atoms with E-state index in [1.54, 1.807) is 11.3 Å². The number of fused-ring (bicyclic) bond motifs is 2. The van der Waals surface area contributed by atoms with Gasteiger partial charge in [0.25, 0.3) is 0 Å². The Morgan fingerprint density at radius 2 is 2.10 bits per heavy atom. The molecule has 1 aliphatic carbocycles.